The molecule has 0 fully saturated rings. The minimum absolute atomic E-state index is 0.0123. The lowest BCUT2D eigenvalue weighted by Gasteiger charge is -2.38. The van der Waals surface area contributed by atoms with Crippen LogP contribution in [0.15, 0.2) is 42.1 Å². The third-order valence-electron chi connectivity index (χ3n) is 6.76. The van der Waals surface area contributed by atoms with Gasteiger partial charge in [-0.1, -0.05) is 58.9 Å². The number of hydrogen-bond acceptors (Lipinski definition) is 3. The molecule has 192 valence electrons. The molecular formula is C28H41N3O4. The minimum Gasteiger partial charge on any atom is -0.478 e. The molecule has 0 aliphatic heterocycles. The monoisotopic (exact) mass is 483 g/mol. The molecular weight excluding hydrogens is 442 g/mol. The fraction of sp³-hybridized carbons (Fsp3) is 0.536. The average Bonchev–Trinajstić information content (AvgIpc) is 3.10. The average molecular weight is 484 g/mol. The molecule has 1 aromatic carbocycles. The first-order valence-electron chi connectivity index (χ1n) is 12.0. The standard InChI is InChI=1S/C28H41N3O4/c1-17(2)22(15-18(3)25(33)34)31(10)24(32)23(27(4,5)6)29-26(35)28(7,8)20-16-30(9)21-14-12-11-13-19(20)21/h11-17,22-23H,1-10H3,(H,29,35)(H,33,34)/b18-15+/t22-,23-/m1/s1. The molecule has 2 rings (SSSR count). The van der Waals surface area contributed by atoms with E-state index in [2.05, 4.69) is 5.32 Å². The third-order valence-corrected chi connectivity index (χ3v) is 6.76. The van der Waals surface area contributed by atoms with E-state index in [-0.39, 0.29) is 23.3 Å². The summed E-state index contributed by atoms with van der Waals surface area (Å²) in [5.74, 6) is -1.53. The number of likely N-dealkylation sites (N-methyl/N-ethyl adjacent to an activating group) is 1. The number of aliphatic carboxylic acids is 1. The fourth-order valence-electron chi connectivity index (χ4n) is 4.35. The summed E-state index contributed by atoms with van der Waals surface area (Å²) < 4.78 is 2.00. The summed E-state index contributed by atoms with van der Waals surface area (Å²) in [5.41, 5.74) is 0.647. The lowest BCUT2D eigenvalue weighted by Crippen LogP contribution is -2.58. The predicted octanol–water partition coefficient (Wildman–Crippen LogP) is 4.50. The van der Waals surface area contributed by atoms with Crippen LogP contribution >= 0.6 is 0 Å². The molecule has 0 spiro atoms. The Balaban J connectivity index is 2.42. The topological polar surface area (TPSA) is 91.6 Å². The molecule has 2 amide bonds. The molecule has 0 aliphatic rings. The maximum Gasteiger partial charge on any atom is 0.331 e. The summed E-state index contributed by atoms with van der Waals surface area (Å²) in [7, 11) is 3.62. The number of benzene rings is 1. The molecule has 0 unspecified atom stereocenters. The van der Waals surface area contributed by atoms with Gasteiger partial charge in [0, 0.05) is 36.8 Å². The Labute approximate surface area is 209 Å². The smallest absolute Gasteiger partial charge is 0.331 e. The van der Waals surface area contributed by atoms with Gasteiger partial charge in [0.15, 0.2) is 0 Å². The van der Waals surface area contributed by atoms with Gasteiger partial charge < -0.3 is 19.9 Å². The van der Waals surface area contributed by atoms with Crippen molar-refractivity contribution >= 4 is 28.7 Å². The van der Waals surface area contributed by atoms with Crippen LogP contribution in [-0.2, 0) is 26.8 Å². The lowest BCUT2D eigenvalue weighted by molar-refractivity contribution is -0.141. The van der Waals surface area contributed by atoms with Crippen LogP contribution < -0.4 is 5.32 Å². The number of aromatic nitrogens is 1. The first-order valence-corrected chi connectivity index (χ1v) is 12.0. The molecule has 0 radical (unpaired) electrons. The van der Waals surface area contributed by atoms with Gasteiger partial charge in [-0.2, -0.15) is 0 Å². The van der Waals surface area contributed by atoms with E-state index in [0.29, 0.717) is 0 Å². The van der Waals surface area contributed by atoms with Crippen molar-refractivity contribution < 1.29 is 19.5 Å². The highest BCUT2D eigenvalue weighted by atomic mass is 16.4. The van der Waals surface area contributed by atoms with Gasteiger partial charge in [0.05, 0.1) is 11.5 Å². The number of para-hydroxylation sites is 1. The summed E-state index contributed by atoms with van der Waals surface area (Å²) in [5, 5.41) is 13.4. The highest BCUT2D eigenvalue weighted by molar-refractivity contribution is 5.97. The van der Waals surface area contributed by atoms with Gasteiger partial charge in [0.1, 0.15) is 6.04 Å². The van der Waals surface area contributed by atoms with Gasteiger partial charge in [0.25, 0.3) is 0 Å². The van der Waals surface area contributed by atoms with Crippen LogP contribution in [0.2, 0.25) is 0 Å². The maximum absolute atomic E-state index is 13.7. The summed E-state index contributed by atoms with van der Waals surface area (Å²) in [4.78, 5) is 40.4. The van der Waals surface area contributed by atoms with Crippen LogP contribution in [0.25, 0.3) is 10.9 Å². The second-order valence-corrected chi connectivity index (χ2v) is 11.4. The molecule has 0 bridgehead atoms. The van der Waals surface area contributed by atoms with Crippen molar-refractivity contribution in [2.45, 2.75) is 72.9 Å². The normalized spacial score (nSPS) is 14.7. The molecule has 2 N–H and O–H groups in total. The molecule has 1 aromatic heterocycles. The first kappa shape index (κ1) is 28.1. The van der Waals surface area contributed by atoms with Crippen LogP contribution in [0.4, 0.5) is 0 Å². The number of carbonyl (C=O) groups excluding carboxylic acids is 2. The summed E-state index contributed by atoms with van der Waals surface area (Å²) in [6.07, 6.45) is 3.57. The Kier molecular flexibility index (Phi) is 8.25. The third kappa shape index (κ3) is 5.95. The molecule has 0 saturated carbocycles. The summed E-state index contributed by atoms with van der Waals surface area (Å²) in [6, 6.07) is 6.72. The van der Waals surface area contributed by atoms with E-state index >= 15 is 0 Å². The van der Waals surface area contributed by atoms with Crippen LogP contribution in [0.5, 0.6) is 0 Å². The van der Waals surface area contributed by atoms with Crippen molar-refractivity contribution in [1.82, 2.24) is 14.8 Å². The number of rotatable bonds is 8. The zero-order valence-electron chi connectivity index (χ0n) is 22.8. The highest BCUT2D eigenvalue weighted by Crippen LogP contribution is 2.33. The molecule has 0 saturated heterocycles. The predicted molar refractivity (Wildman–Crippen MR) is 140 cm³/mol. The lowest BCUT2D eigenvalue weighted by atomic mass is 9.80. The number of hydrogen-bond donors (Lipinski definition) is 2. The Morgan fingerprint density at radius 1 is 1.09 bits per heavy atom. The number of carbonyl (C=O) groups is 3. The van der Waals surface area contributed by atoms with Crippen molar-refractivity contribution in [2.24, 2.45) is 18.4 Å². The van der Waals surface area contributed by atoms with Gasteiger partial charge in [0.2, 0.25) is 11.8 Å². The largest absolute Gasteiger partial charge is 0.478 e. The Bertz CT molecular complexity index is 1130. The molecule has 0 aliphatic carbocycles. The quantitative estimate of drug-likeness (QED) is 0.541. The number of amides is 2. The van der Waals surface area contributed by atoms with Crippen LogP contribution in [0, 0.1) is 11.3 Å². The fourth-order valence-corrected chi connectivity index (χ4v) is 4.35. The van der Waals surface area contributed by atoms with E-state index in [9.17, 15) is 19.5 Å². The number of fused-ring (bicyclic) bond motifs is 1. The number of nitrogens with one attached hydrogen (secondary N) is 1. The number of carboxylic acids is 1. The zero-order valence-corrected chi connectivity index (χ0v) is 22.8. The van der Waals surface area contributed by atoms with Gasteiger partial charge in [-0.05, 0) is 43.7 Å². The molecule has 35 heavy (non-hydrogen) atoms. The van der Waals surface area contributed by atoms with Crippen LogP contribution in [-0.4, -0.2) is 51.5 Å². The SMILES string of the molecule is C/C(=C\[C@H](C(C)C)N(C)C(=O)[C@@H](NC(=O)C(C)(C)c1cn(C)c2ccccc12)C(C)(C)C)C(=O)O. The number of carboxylic acid groups (broad SMARTS) is 1. The molecule has 1 heterocycles. The zero-order chi connectivity index (χ0) is 26.9. The van der Waals surface area contributed by atoms with E-state index in [1.54, 1.807) is 18.0 Å². The first-order chi connectivity index (χ1) is 16.0. The Morgan fingerprint density at radius 3 is 2.17 bits per heavy atom. The molecule has 7 nitrogen and oxygen atoms in total. The van der Waals surface area contributed by atoms with Gasteiger partial charge in [-0.25, -0.2) is 4.79 Å². The summed E-state index contributed by atoms with van der Waals surface area (Å²) in [6.45, 7) is 14.9. The second kappa shape index (κ2) is 10.3. The van der Waals surface area contributed by atoms with Gasteiger partial charge in [-0.15, -0.1) is 0 Å². The van der Waals surface area contributed by atoms with E-state index in [4.69, 9.17) is 0 Å². The summed E-state index contributed by atoms with van der Waals surface area (Å²) >= 11 is 0. The molecule has 7 heteroatoms. The van der Waals surface area contributed by atoms with Crippen LogP contribution in [0.3, 0.4) is 0 Å². The van der Waals surface area contributed by atoms with Crippen molar-refractivity contribution in [3.05, 3.63) is 47.7 Å². The number of nitrogens with zero attached hydrogens (tertiary/aromatic N) is 2. The van der Waals surface area contributed by atoms with E-state index < -0.39 is 28.9 Å². The Morgan fingerprint density at radius 2 is 1.66 bits per heavy atom. The van der Waals surface area contributed by atoms with E-state index in [1.165, 1.54) is 6.92 Å². The molecule has 2 aromatic rings. The van der Waals surface area contributed by atoms with Crippen molar-refractivity contribution in [2.75, 3.05) is 7.05 Å². The van der Waals surface area contributed by atoms with Crippen molar-refractivity contribution in [1.29, 1.82) is 0 Å². The van der Waals surface area contributed by atoms with E-state index in [1.807, 2.05) is 90.5 Å². The maximum atomic E-state index is 13.7. The second-order valence-electron chi connectivity index (χ2n) is 11.4. The molecule has 2 atom stereocenters. The number of aryl methyl sites for hydroxylation is 1. The van der Waals surface area contributed by atoms with E-state index in [0.717, 1.165) is 16.5 Å². The van der Waals surface area contributed by atoms with Crippen LogP contribution in [0.1, 0.15) is 61.0 Å². The highest BCUT2D eigenvalue weighted by Gasteiger charge is 2.41. The van der Waals surface area contributed by atoms with Crippen molar-refractivity contribution in [3.8, 4) is 0 Å². The minimum atomic E-state index is -1.02. The Hall–Kier alpha value is -3.09. The van der Waals surface area contributed by atoms with Crippen molar-refractivity contribution in [3.63, 3.8) is 0 Å². The van der Waals surface area contributed by atoms with Gasteiger partial charge >= 0.3 is 5.97 Å². The van der Waals surface area contributed by atoms with Gasteiger partial charge in [-0.3, -0.25) is 9.59 Å².